The molecule has 0 amide bonds. The van der Waals surface area contributed by atoms with E-state index < -0.39 is 25.2 Å². The van der Waals surface area contributed by atoms with Crippen molar-refractivity contribution in [2.24, 2.45) is 0 Å². The van der Waals surface area contributed by atoms with Gasteiger partial charge in [0.1, 0.15) is 5.75 Å². The second-order valence-corrected chi connectivity index (χ2v) is 27.0. The highest BCUT2D eigenvalue weighted by atomic mass is 28.5. The SMILES string of the molecule is CCCCCCCCCCOc1ncc(-c2ccc(OCCCCCCCC[Si](C)(C)O[Si](C)(C)O[Si](C)(C)C)cc2)cn1. The summed E-state index contributed by atoms with van der Waals surface area (Å²) in [6.07, 6.45) is 21.4. The number of benzene rings is 1. The van der Waals surface area contributed by atoms with E-state index in [0.717, 1.165) is 36.3 Å². The van der Waals surface area contributed by atoms with Gasteiger partial charge in [0, 0.05) is 18.0 Å². The molecule has 0 aliphatic rings. The van der Waals surface area contributed by atoms with Crippen LogP contribution in [0.5, 0.6) is 11.8 Å². The number of rotatable bonds is 25. The zero-order chi connectivity index (χ0) is 32.3. The van der Waals surface area contributed by atoms with Gasteiger partial charge in [-0.1, -0.05) is 96.1 Å². The summed E-state index contributed by atoms with van der Waals surface area (Å²) in [6, 6.07) is 9.91. The van der Waals surface area contributed by atoms with Crippen LogP contribution in [0.2, 0.25) is 51.9 Å². The summed E-state index contributed by atoms with van der Waals surface area (Å²) in [5.41, 5.74) is 2.07. The van der Waals surface area contributed by atoms with Gasteiger partial charge in [-0.2, -0.15) is 0 Å². The summed E-state index contributed by atoms with van der Waals surface area (Å²) in [4.78, 5) is 8.82. The van der Waals surface area contributed by atoms with Gasteiger partial charge in [-0.15, -0.1) is 0 Å². The number of ether oxygens (including phenoxy) is 2. The van der Waals surface area contributed by atoms with E-state index in [9.17, 15) is 0 Å². The first-order valence-electron chi connectivity index (χ1n) is 17.5. The van der Waals surface area contributed by atoms with Crippen LogP contribution in [0.25, 0.3) is 11.1 Å². The highest BCUT2D eigenvalue weighted by Gasteiger charge is 2.37. The Labute approximate surface area is 273 Å². The molecule has 0 bridgehead atoms. The van der Waals surface area contributed by atoms with Gasteiger partial charge in [-0.25, -0.2) is 9.97 Å². The number of hydrogen-bond donors (Lipinski definition) is 0. The molecule has 250 valence electrons. The van der Waals surface area contributed by atoms with E-state index in [4.69, 9.17) is 17.7 Å². The summed E-state index contributed by atoms with van der Waals surface area (Å²) in [6.45, 7) is 19.6. The minimum atomic E-state index is -2.03. The molecule has 1 aromatic carbocycles. The molecule has 0 aliphatic carbocycles. The molecule has 0 spiro atoms. The maximum Gasteiger partial charge on any atom is 0.316 e. The Morgan fingerprint density at radius 1 is 0.545 bits per heavy atom. The summed E-state index contributed by atoms with van der Waals surface area (Å²) in [5.74, 6) is 0.914. The topological polar surface area (TPSA) is 62.7 Å². The van der Waals surface area contributed by atoms with Crippen molar-refractivity contribution in [3.8, 4) is 22.9 Å². The van der Waals surface area contributed by atoms with E-state index in [0.29, 0.717) is 12.6 Å². The zero-order valence-electron chi connectivity index (χ0n) is 29.5. The summed E-state index contributed by atoms with van der Waals surface area (Å²) in [7, 11) is -5.26. The van der Waals surface area contributed by atoms with Crippen LogP contribution in [0.15, 0.2) is 36.7 Å². The molecule has 2 aromatic rings. The Balaban J connectivity index is 1.54. The number of nitrogens with zero attached hydrogens (tertiary/aromatic N) is 2. The van der Waals surface area contributed by atoms with Crippen molar-refractivity contribution in [1.29, 1.82) is 0 Å². The molecule has 0 unspecified atom stereocenters. The molecule has 0 atom stereocenters. The third kappa shape index (κ3) is 18.4. The smallest absolute Gasteiger partial charge is 0.316 e. The Kier molecular flexibility index (Phi) is 18.1. The quantitative estimate of drug-likeness (QED) is 0.0780. The largest absolute Gasteiger partial charge is 0.494 e. The molecule has 6 nitrogen and oxygen atoms in total. The summed E-state index contributed by atoms with van der Waals surface area (Å²) >= 11 is 0. The molecule has 0 fully saturated rings. The monoisotopic (exact) mass is 660 g/mol. The van der Waals surface area contributed by atoms with Crippen molar-refractivity contribution >= 4 is 25.2 Å². The van der Waals surface area contributed by atoms with Crippen molar-refractivity contribution in [2.75, 3.05) is 13.2 Å². The van der Waals surface area contributed by atoms with Crippen molar-refractivity contribution in [2.45, 2.75) is 149 Å². The maximum atomic E-state index is 6.64. The predicted octanol–water partition coefficient (Wildman–Crippen LogP) is 11.2. The minimum absolute atomic E-state index is 0.463. The Bertz CT molecular complexity index is 1010. The summed E-state index contributed by atoms with van der Waals surface area (Å²) < 4.78 is 24.8. The molecule has 0 saturated carbocycles. The molecule has 0 radical (unpaired) electrons. The molecule has 9 heteroatoms. The standard InChI is InChI=1S/C35H64N2O4Si3/c1-9-10-11-12-13-14-18-21-28-39-35-36-30-33(31-37-35)32-23-25-34(26-24-32)38-27-20-17-15-16-19-22-29-43(5,6)41-44(7,8)40-42(2,3)4/h23-26,30-31H,9-22,27-29H2,1-8H3. The van der Waals surface area contributed by atoms with Crippen LogP contribution in [0.3, 0.4) is 0 Å². The van der Waals surface area contributed by atoms with Gasteiger partial charge in [0.15, 0.2) is 16.6 Å². The van der Waals surface area contributed by atoms with Gasteiger partial charge < -0.3 is 17.7 Å². The molecular weight excluding hydrogens is 597 g/mol. The van der Waals surface area contributed by atoms with Crippen LogP contribution < -0.4 is 9.47 Å². The van der Waals surface area contributed by atoms with Gasteiger partial charge in [0.2, 0.25) is 0 Å². The molecule has 2 rings (SSSR count). The lowest BCUT2D eigenvalue weighted by atomic mass is 10.1. The first kappa shape index (κ1) is 38.7. The normalized spacial score (nSPS) is 12.5. The fourth-order valence-corrected chi connectivity index (χ4v) is 19.0. The lowest BCUT2D eigenvalue weighted by molar-refractivity contribution is 0.281. The minimum Gasteiger partial charge on any atom is -0.494 e. The lowest BCUT2D eigenvalue weighted by Gasteiger charge is -2.37. The van der Waals surface area contributed by atoms with Gasteiger partial charge >= 0.3 is 14.6 Å². The molecule has 0 saturated heterocycles. The number of unbranched alkanes of at least 4 members (excludes halogenated alkanes) is 12. The molecule has 1 aromatic heterocycles. The van der Waals surface area contributed by atoms with Gasteiger partial charge in [0.25, 0.3) is 0 Å². The molecule has 1 heterocycles. The Morgan fingerprint density at radius 2 is 1.05 bits per heavy atom. The first-order valence-corrected chi connectivity index (χ1v) is 26.8. The second-order valence-electron chi connectivity index (χ2n) is 14.3. The average molecular weight is 661 g/mol. The van der Waals surface area contributed by atoms with Crippen LogP contribution in [0, 0.1) is 0 Å². The maximum absolute atomic E-state index is 6.64. The van der Waals surface area contributed by atoms with Crippen LogP contribution >= 0.6 is 0 Å². The van der Waals surface area contributed by atoms with E-state index in [1.165, 1.54) is 83.1 Å². The Morgan fingerprint density at radius 3 is 1.59 bits per heavy atom. The molecule has 0 N–H and O–H groups in total. The fraction of sp³-hybridized carbons (Fsp3) is 0.714. The average Bonchev–Trinajstić information content (AvgIpc) is 2.94. The molecular formula is C35H64N2O4Si3. The number of hydrogen-bond acceptors (Lipinski definition) is 6. The number of aromatic nitrogens is 2. The van der Waals surface area contributed by atoms with Gasteiger partial charge in [0.05, 0.1) is 13.2 Å². The van der Waals surface area contributed by atoms with Crippen molar-refractivity contribution in [1.82, 2.24) is 9.97 Å². The second kappa shape index (κ2) is 20.6. The molecule has 0 aliphatic heterocycles. The van der Waals surface area contributed by atoms with Gasteiger partial charge in [-0.05, 0) is 82.4 Å². The lowest BCUT2D eigenvalue weighted by Crippen LogP contribution is -2.51. The van der Waals surface area contributed by atoms with Crippen LogP contribution in [-0.2, 0) is 8.23 Å². The van der Waals surface area contributed by atoms with Crippen molar-refractivity contribution in [3.63, 3.8) is 0 Å². The van der Waals surface area contributed by atoms with E-state index in [1.54, 1.807) is 0 Å². The van der Waals surface area contributed by atoms with Crippen molar-refractivity contribution < 1.29 is 17.7 Å². The van der Waals surface area contributed by atoms with E-state index in [2.05, 4.69) is 74.9 Å². The highest BCUT2D eigenvalue weighted by molar-refractivity contribution is 6.87. The predicted molar refractivity (Wildman–Crippen MR) is 194 cm³/mol. The van der Waals surface area contributed by atoms with Crippen LogP contribution in [0.1, 0.15) is 96.8 Å². The van der Waals surface area contributed by atoms with Crippen LogP contribution in [-0.4, -0.2) is 48.4 Å². The fourth-order valence-electron chi connectivity index (χ4n) is 5.71. The zero-order valence-corrected chi connectivity index (χ0v) is 32.5. The van der Waals surface area contributed by atoms with Crippen molar-refractivity contribution in [3.05, 3.63) is 36.7 Å². The summed E-state index contributed by atoms with van der Waals surface area (Å²) in [5, 5.41) is 0. The van der Waals surface area contributed by atoms with E-state index in [-0.39, 0.29) is 0 Å². The third-order valence-electron chi connectivity index (χ3n) is 7.56. The van der Waals surface area contributed by atoms with Crippen LogP contribution in [0.4, 0.5) is 0 Å². The van der Waals surface area contributed by atoms with Gasteiger partial charge in [-0.3, -0.25) is 0 Å². The first-order chi connectivity index (χ1) is 20.9. The van der Waals surface area contributed by atoms with E-state index >= 15 is 0 Å². The highest BCUT2D eigenvalue weighted by Crippen LogP contribution is 2.25. The Hall–Kier alpha value is -1.53. The third-order valence-corrected chi connectivity index (χ3v) is 17.7. The van der Waals surface area contributed by atoms with E-state index in [1.807, 2.05) is 24.5 Å². The molecule has 44 heavy (non-hydrogen) atoms.